The third kappa shape index (κ3) is 2.19. The SMILES string of the molecule is COC(=O)CC(C)(N)C1CC1. The Balaban J connectivity index is 2.38. The maximum absolute atomic E-state index is 10.9. The highest BCUT2D eigenvalue weighted by Gasteiger charge is 2.39. The first-order valence-corrected chi connectivity index (χ1v) is 3.92. The van der Waals surface area contributed by atoms with E-state index in [0.717, 1.165) is 12.8 Å². The van der Waals surface area contributed by atoms with Crippen molar-refractivity contribution in [1.29, 1.82) is 0 Å². The van der Waals surface area contributed by atoms with E-state index >= 15 is 0 Å². The van der Waals surface area contributed by atoms with Crippen molar-refractivity contribution in [2.75, 3.05) is 7.11 Å². The highest BCUT2D eigenvalue weighted by Crippen LogP contribution is 2.39. The van der Waals surface area contributed by atoms with Gasteiger partial charge in [-0.3, -0.25) is 4.79 Å². The molecule has 0 radical (unpaired) electrons. The Bertz CT molecular complexity index is 161. The molecule has 1 aliphatic carbocycles. The van der Waals surface area contributed by atoms with E-state index in [9.17, 15) is 4.79 Å². The second kappa shape index (κ2) is 2.81. The highest BCUT2D eigenvalue weighted by molar-refractivity contribution is 5.70. The lowest BCUT2D eigenvalue weighted by molar-refractivity contribution is -0.142. The molecule has 0 aromatic rings. The van der Waals surface area contributed by atoms with Gasteiger partial charge in [-0.25, -0.2) is 0 Å². The van der Waals surface area contributed by atoms with E-state index < -0.39 is 0 Å². The number of rotatable bonds is 3. The molecule has 0 amide bonds. The first kappa shape index (κ1) is 8.53. The topological polar surface area (TPSA) is 52.3 Å². The van der Waals surface area contributed by atoms with Crippen LogP contribution in [0.15, 0.2) is 0 Å². The average Bonchev–Trinajstić information content (AvgIpc) is 2.66. The first-order valence-electron chi connectivity index (χ1n) is 3.92. The van der Waals surface area contributed by atoms with Gasteiger partial charge in [0.2, 0.25) is 0 Å². The fourth-order valence-corrected chi connectivity index (χ4v) is 1.27. The van der Waals surface area contributed by atoms with Crippen LogP contribution in [0.2, 0.25) is 0 Å². The van der Waals surface area contributed by atoms with Gasteiger partial charge in [0.1, 0.15) is 0 Å². The zero-order chi connectivity index (χ0) is 8.48. The molecule has 0 saturated heterocycles. The van der Waals surface area contributed by atoms with Gasteiger partial charge in [0.15, 0.2) is 0 Å². The van der Waals surface area contributed by atoms with Crippen LogP contribution < -0.4 is 5.73 Å². The molecule has 0 heterocycles. The summed E-state index contributed by atoms with van der Waals surface area (Å²) in [5.41, 5.74) is 5.56. The summed E-state index contributed by atoms with van der Waals surface area (Å²) in [4.78, 5) is 10.9. The van der Waals surface area contributed by atoms with Crippen LogP contribution >= 0.6 is 0 Å². The molecule has 0 aromatic heterocycles. The van der Waals surface area contributed by atoms with Crippen molar-refractivity contribution in [2.24, 2.45) is 11.7 Å². The zero-order valence-corrected chi connectivity index (χ0v) is 7.09. The van der Waals surface area contributed by atoms with Crippen LogP contribution in [0.4, 0.5) is 0 Å². The Hall–Kier alpha value is -0.570. The van der Waals surface area contributed by atoms with Crippen LogP contribution in [0.3, 0.4) is 0 Å². The minimum atomic E-state index is -0.340. The van der Waals surface area contributed by atoms with Gasteiger partial charge in [-0.05, 0) is 25.7 Å². The summed E-state index contributed by atoms with van der Waals surface area (Å²) in [7, 11) is 1.39. The molecular formula is C8H15NO2. The number of carbonyl (C=O) groups is 1. The average molecular weight is 157 g/mol. The van der Waals surface area contributed by atoms with Crippen LogP contribution in [0.1, 0.15) is 26.2 Å². The molecule has 11 heavy (non-hydrogen) atoms. The monoisotopic (exact) mass is 157 g/mol. The lowest BCUT2D eigenvalue weighted by Gasteiger charge is -2.22. The lowest BCUT2D eigenvalue weighted by atomic mass is 9.93. The van der Waals surface area contributed by atoms with Crippen LogP contribution in [-0.4, -0.2) is 18.6 Å². The molecule has 2 N–H and O–H groups in total. The molecule has 1 rings (SSSR count). The van der Waals surface area contributed by atoms with Crippen LogP contribution in [0, 0.1) is 5.92 Å². The molecule has 0 aromatic carbocycles. The fourth-order valence-electron chi connectivity index (χ4n) is 1.27. The van der Waals surface area contributed by atoms with Gasteiger partial charge < -0.3 is 10.5 Å². The Kier molecular flexibility index (Phi) is 2.18. The number of ether oxygens (including phenoxy) is 1. The predicted octanol–water partition coefficient (Wildman–Crippen LogP) is 0.677. The fraction of sp³-hybridized carbons (Fsp3) is 0.875. The van der Waals surface area contributed by atoms with Crippen molar-refractivity contribution in [3.8, 4) is 0 Å². The van der Waals surface area contributed by atoms with Gasteiger partial charge in [-0.15, -0.1) is 0 Å². The van der Waals surface area contributed by atoms with Crippen molar-refractivity contribution in [2.45, 2.75) is 31.7 Å². The van der Waals surface area contributed by atoms with Gasteiger partial charge in [0.25, 0.3) is 0 Å². The Morgan fingerprint density at radius 1 is 1.73 bits per heavy atom. The lowest BCUT2D eigenvalue weighted by Crippen LogP contribution is -2.41. The molecule has 0 spiro atoms. The van der Waals surface area contributed by atoms with Gasteiger partial charge in [0, 0.05) is 5.54 Å². The smallest absolute Gasteiger partial charge is 0.307 e. The van der Waals surface area contributed by atoms with Gasteiger partial charge in [-0.2, -0.15) is 0 Å². The van der Waals surface area contributed by atoms with E-state index in [1.165, 1.54) is 7.11 Å². The molecule has 0 aliphatic heterocycles. The third-order valence-electron chi connectivity index (χ3n) is 2.26. The van der Waals surface area contributed by atoms with E-state index in [2.05, 4.69) is 4.74 Å². The highest BCUT2D eigenvalue weighted by atomic mass is 16.5. The minimum absolute atomic E-state index is 0.207. The summed E-state index contributed by atoms with van der Waals surface area (Å²) < 4.78 is 4.55. The molecule has 64 valence electrons. The summed E-state index contributed by atoms with van der Waals surface area (Å²) in [5, 5.41) is 0. The number of methoxy groups -OCH3 is 1. The van der Waals surface area contributed by atoms with E-state index in [1.807, 2.05) is 6.92 Å². The quantitative estimate of drug-likeness (QED) is 0.613. The standard InChI is InChI=1S/C8H15NO2/c1-8(9,6-3-4-6)5-7(10)11-2/h6H,3-5,9H2,1-2H3. The van der Waals surface area contributed by atoms with Crippen molar-refractivity contribution in [1.82, 2.24) is 0 Å². The van der Waals surface area contributed by atoms with Gasteiger partial charge >= 0.3 is 5.97 Å². The van der Waals surface area contributed by atoms with Crippen molar-refractivity contribution in [3.05, 3.63) is 0 Å². The minimum Gasteiger partial charge on any atom is -0.469 e. The summed E-state index contributed by atoms with van der Waals surface area (Å²) in [6, 6.07) is 0. The molecule has 1 fully saturated rings. The molecule has 1 saturated carbocycles. The predicted molar refractivity (Wildman–Crippen MR) is 41.9 cm³/mol. The molecular weight excluding hydrogens is 142 g/mol. The second-order valence-corrected chi connectivity index (χ2v) is 3.53. The second-order valence-electron chi connectivity index (χ2n) is 3.53. The number of carbonyl (C=O) groups excluding carboxylic acids is 1. The van der Waals surface area contributed by atoms with Crippen molar-refractivity contribution >= 4 is 5.97 Å². The van der Waals surface area contributed by atoms with Crippen LogP contribution in [-0.2, 0) is 9.53 Å². The number of hydrogen-bond acceptors (Lipinski definition) is 3. The Labute approximate surface area is 66.9 Å². The van der Waals surface area contributed by atoms with E-state index in [0.29, 0.717) is 12.3 Å². The van der Waals surface area contributed by atoms with Crippen molar-refractivity contribution in [3.63, 3.8) is 0 Å². The molecule has 3 nitrogen and oxygen atoms in total. The van der Waals surface area contributed by atoms with Crippen LogP contribution in [0.25, 0.3) is 0 Å². The molecule has 1 atom stereocenters. The summed E-state index contributed by atoms with van der Waals surface area (Å²) in [6.45, 7) is 1.92. The zero-order valence-electron chi connectivity index (χ0n) is 7.09. The van der Waals surface area contributed by atoms with Gasteiger partial charge in [-0.1, -0.05) is 0 Å². The Morgan fingerprint density at radius 2 is 2.27 bits per heavy atom. The first-order chi connectivity index (χ1) is 5.06. The number of hydrogen-bond donors (Lipinski definition) is 1. The summed E-state index contributed by atoms with van der Waals surface area (Å²) in [5.74, 6) is 0.323. The molecule has 1 unspecified atom stereocenters. The van der Waals surface area contributed by atoms with Crippen LogP contribution in [0.5, 0.6) is 0 Å². The molecule has 1 aliphatic rings. The van der Waals surface area contributed by atoms with E-state index in [-0.39, 0.29) is 11.5 Å². The largest absolute Gasteiger partial charge is 0.469 e. The maximum atomic E-state index is 10.9. The normalized spacial score (nSPS) is 22.5. The maximum Gasteiger partial charge on any atom is 0.307 e. The summed E-state index contributed by atoms with van der Waals surface area (Å²) >= 11 is 0. The van der Waals surface area contributed by atoms with E-state index in [1.54, 1.807) is 0 Å². The summed E-state index contributed by atoms with van der Waals surface area (Å²) in [6.07, 6.45) is 2.65. The number of esters is 1. The number of nitrogens with two attached hydrogens (primary N) is 1. The van der Waals surface area contributed by atoms with E-state index in [4.69, 9.17) is 5.73 Å². The Morgan fingerprint density at radius 3 is 2.64 bits per heavy atom. The molecule has 3 heteroatoms. The van der Waals surface area contributed by atoms with Gasteiger partial charge in [0.05, 0.1) is 13.5 Å². The third-order valence-corrected chi connectivity index (χ3v) is 2.26. The van der Waals surface area contributed by atoms with Crippen molar-refractivity contribution < 1.29 is 9.53 Å². The molecule has 0 bridgehead atoms.